The van der Waals surface area contributed by atoms with E-state index in [0.717, 1.165) is 16.7 Å². The van der Waals surface area contributed by atoms with E-state index in [1.165, 1.54) is 5.56 Å². The monoisotopic (exact) mass is 259 g/mol. The summed E-state index contributed by atoms with van der Waals surface area (Å²) >= 11 is 5.81. The van der Waals surface area contributed by atoms with Gasteiger partial charge in [-0.1, -0.05) is 17.7 Å². The first-order chi connectivity index (χ1) is 8.49. The Bertz CT molecular complexity index is 620. The molecule has 0 fully saturated rings. The number of carbonyl (C=O) groups excluding carboxylic acids is 1. The summed E-state index contributed by atoms with van der Waals surface area (Å²) in [7, 11) is 0. The highest BCUT2D eigenvalue weighted by atomic mass is 35.5. The molecule has 0 N–H and O–H groups in total. The van der Waals surface area contributed by atoms with E-state index in [4.69, 9.17) is 11.6 Å². The normalized spacial score (nSPS) is 10.4. The highest BCUT2D eigenvalue weighted by Gasteiger charge is 2.13. The third kappa shape index (κ3) is 2.44. The van der Waals surface area contributed by atoms with Gasteiger partial charge in [0.2, 0.25) is 0 Å². The Balaban J connectivity index is 2.49. The minimum Gasteiger partial charge on any atom is -0.289 e. The van der Waals surface area contributed by atoms with Crippen LogP contribution in [0.1, 0.15) is 32.6 Å². The van der Waals surface area contributed by atoms with Crippen LogP contribution < -0.4 is 0 Å². The van der Waals surface area contributed by atoms with Gasteiger partial charge in [0.25, 0.3) is 0 Å². The first kappa shape index (κ1) is 12.8. The van der Waals surface area contributed by atoms with E-state index in [0.29, 0.717) is 10.7 Å². The molecule has 0 aliphatic heterocycles. The fourth-order valence-electron chi connectivity index (χ4n) is 1.90. The maximum atomic E-state index is 12.4. The molecule has 2 rings (SSSR count). The fourth-order valence-corrected chi connectivity index (χ4v) is 2.08. The van der Waals surface area contributed by atoms with Crippen LogP contribution in [0.3, 0.4) is 0 Å². The minimum absolute atomic E-state index is 0.0140. The highest BCUT2D eigenvalue weighted by Crippen LogP contribution is 2.19. The second-order valence-electron chi connectivity index (χ2n) is 4.45. The molecule has 0 saturated carbocycles. The zero-order valence-electron chi connectivity index (χ0n) is 10.6. The molecule has 2 nitrogen and oxygen atoms in total. The Labute approximate surface area is 112 Å². The third-order valence-corrected chi connectivity index (χ3v) is 3.28. The minimum atomic E-state index is -0.0140. The molecule has 1 heterocycles. The Morgan fingerprint density at radius 1 is 1.06 bits per heavy atom. The van der Waals surface area contributed by atoms with Crippen LogP contribution in [0.4, 0.5) is 0 Å². The average molecular weight is 260 g/mol. The van der Waals surface area contributed by atoms with Gasteiger partial charge in [0.1, 0.15) is 5.15 Å². The van der Waals surface area contributed by atoms with Crippen molar-refractivity contribution in [3.8, 4) is 0 Å². The van der Waals surface area contributed by atoms with Gasteiger partial charge in [-0.25, -0.2) is 4.98 Å². The Hall–Kier alpha value is -1.67. The average Bonchev–Trinajstić information content (AvgIpc) is 2.33. The number of carbonyl (C=O) groups is 1. The van der Waals surface area contributed by atoms with E-state index in [1.54, 1.807) is 18.3 Å². The van der Waals surface area contributed by atoms with Gasteiger partial charge in [-0.3, -0.25) is 4.79 Å². The summed E-state index contributed by atoms with van der Waals surface area (Å²) in [6.07, 6.45) is 1.55. The largest absolute Gasteiger partial charge is 0.289 e. The van der Waals surface area contributed by atoms with Crippen molar-refractivity contribution in [3.05, 3.63) is 63.4 Å². The molecule has 0 aliphatic carbocycles. The Morgan fingerprint density at radius 2 is 1.72 bits per heavy atom. The van der Waals surface area contributed by atoms with Gasteiger partial charge < -0.3 is 0 Å². The first-order valence-corrected chi connectivity index (χ1v) is 6.11. The van der Waals surface area contributed by atoms with Crippen LogP contribution in [0.5, 0.6) is 0 Å². The molecule has 1 aromatic heterocycles. The van der Waals surface area contributed by atoms with Crippen molar-refractivity contribution in [2.24, 2.45) is 0 Å². The first-order valence-electron chi connectivity index (χ1n) is 5.73. The summed E-state index contributed by atoms with van der Waals surface area (Å²) < 4.78 is 0. The number of pyridine rings is 1. The highest BCUT2D eigenvalue weighted by molar-refractivity contribution is 6.30. The molecule has 0 radical (unpaired) electrons. The van der Waals surface area contributed by atoms with Gasteiger partial charge in [-0.05, 0) is 55.7 Å². The van der Waals surface area contributed by atoms with Crippen molar-refractivity contribution in [3.63, 3.8) is 0 Å². The predicted molar refractivity (Wildman–Crippen MR) is 73.3 cm³/mol. The molecular formula is C15H14ClNO. The summed E-state index contributed by atoms with van der Waals surface area (Å²) in [6, 6.07) is 7.24. The molecule has 3 heteroatoms. The van der Waals surface area contributed by atoms with E-state index >= 15 is 0 Å². The number of hydrogen-bond donors (Lipinski definition) is 0. The summed E-state index contributed by atoms with van der Waals surface area (Å²) in [4.78, 5) is 16.3. The number of halogens is 1. The molecule has 0 unspecified atom stereocenters. The van der Waals surface area contributed by atoms with Crippen LogP contribution in [0.2, 0.25) is 5.15 Å². The molecule has 0 atom stereocenters. The van der Waals surface area contributed by atoms with Crippen molar-refractivity contribution in [2.75, 3.05) is 0 Å². The molecular weight excluding hydrogens is 246 g/mol. The van der Waals surface area contributed by atoms with Crippen LogP contribution in [0.15, 0.2) is 30.5 Å². The van der Waals surface area contributed by atoms with Crippen LogP contribution in [0.25, 0.3) is 0 Å². The maximum Gasteiger partial charge on any atom is 0.193 e. The van der Waals surface area contributed by atoms with E-state index in [9.17, 15) is 4.79 Å². The molecule has 2 aromatic rings. The summed E-state index contributed by atoms with van der Waals surface area (Å²) in [6.45, 7) is 5.99. The van der Waals surface area contributed by atoms with Gasteiger partial charge in [0.05, 0.1) is 0 Å². The van der Waals surface area contributed by atoms with Crippen molar-refractivity contribution < 1.29 is 4.79 Å². The molecule has 92 valence electrons. The third-order valence-electron chi connectivity index (χ3n) is 3.07. The zero-order valence-corrected chi connectivity index (χ0v) is 11.4. The second kappa shape index (κ2) is 4.91. The Kier molecular flexibility index (Phi) is 3.48. The molecule has 1 aromatic carbocycles. The van der Waals surface area contributed by atoms with Gasteiger partial charge >= 0.3 is 0 Å². The number of aryl methyl sites for hydroxylation is 3. The van der Waals surface area contributed by atoms with Gasteiger partial charge in [0, 0.05) is 17.3 Å². The SMILES string of the molecule is Cc1cc(C)c(C(=O)c2ccnc(Cl)c2)cc1C. The second-order valence-corrected chi connectivity index (χ2v) is 4.84. The van der Waals surface area contributed by atoms with E-state index in [1.807, 2.05) is 32.9 Å². The van der Waals surface area contributed by atoms with Gasteiger partial charge in [-0.2, -0.15) is 0 Å². The standard InChI is InChI=1S/C15H14ClNO/c1-9-6-11(3)13(7-10(9)2)15(18)12-4-5-17-14(16)8-12/h4-8H,1-3H3. The van der Waals surface area contributed by atoms with Crippen molar-refractivity contribution >= 4 is 17.4 Å². The molecule has 0 aliphatic rings. The van der Waals surface area contributed by atoms with Crippen molar-refractivity contribution in [1.82, 2.24) is 4.98 Å². The molecule has 0 bridgehead atoms. The van der Waals surface area contributed by atoms with Crippen molar-refractivity contribution in [1.29, 1.82) is 0 Å². The van der Waals surface area contributed by atoms with Gasteiger partial charge in [0.15, 0.2) is 5.78 Å². The van der Waals surface area contributed by atoms with E-state index < -0.39 is 0 Å². The summed E-state index contributed by atoms with van der Waals surface area (Å²) in [5.41, 5.74) is 4.58. The Morgan fingerprint density at radius 3 is 2.39 bits per heavy atom. The number of hydrogen-bond acceptors (Lipinski definition) is 2. The van der Waals surface area contributed by atoms with Crippen LogP contribution in [-0.2, 0) is 0 Å². The number of benzene rings is 1. The lowest BCUT2D eigenvalue weighted by Crippen LogP contribution is -2.05. The molecule has 0 amide bonds. The topological polar surface area (TPSA) is 30.0 Å². The van der Waals surface area contributed by atoms with E-state index in [2.05, 4.69) is 4.98 Å². The van der Waals surface area contributed by atoms with Crippen LogP contribution >= 0.6 is 11.6 Å². The van der Waals surface area contributed by atoms with Crippen molar-refractivity contribution in [2.45, 2.75) is 20.8 Å². The molecule has 0 saturated heterocycles. The predicted octanol–water partition coefficient (Wildman–Crippen LogP) is 3.89. The number of ketones is 1. The summed E-state index contributed by atoms with van der Waals surface area (Å²) in [5, 5.41) is 0.335. The fraction of sp³-hybridized carbons (Fsp3) is 0.200. The van der Waals surface area contributed by atoms with Gasteiger partial charge in [-0.15, -0.1) is 0 Å². The lowest BCUT2D eigenvalue weighted by molar-refractivity contribution is 0.103. The number of rotatable bonds is 2. The molecule has 18 heavy (non-hydrogen) atoms. The smallest absolute Gasteiger partial charge is 0.193 e. The number of aromatic nitrogens is 1. The van der Waals surface area contributed by atoms with E-state index in [-0.39, 0.29) is 5.78 Å². The van der Waals surface area contributed by atoms with Crippen LogP contribution in [0, 0.1) is 20.8 Å². The maximum absolute atomic E-state index is 12.4. The summed E-state index contributed by atoms with van der Waals surface area (Å²) in [5.74, 6) is -0.0140. The zero-order chi connectivity index (χ0) is 13.3. The molecule has 0 spiro atoms. The lowest BCUT2D eigenvalue weighted by atomic mass is 9.95. The van der Waals surface area contributed by atoms with Crippen LogP contribution in [-0.4, -0.2) is 10.8 Å². The lowest BCUT2D eigenvalue weighted by Gasteiger charge is -2.09. The quantitative estimate of drug-likeness (QED) is 0.605. The number of nitrogens with zero attached hydrogens (tertiary/aromatic N) is 1.